The molecular weight excluding hydrogens is 310 g/mol. The molecule has 0 aromatic carbocycles. The molecule has 0 radical (unpaired) electrons. The fraction of sp³-hybridized carbons (Fsp3) is 0.643. The molecule has 1 aromatic rings. The van der Waals surface area contributed by atoms with E-state index in [-0.39, 0.29) is 16.4 Å². The fourth-order valence-electron chi connectivity index (χ4n) is 1.42. The molecule has 1 heterocycles. The van der Waals surface area contributed by atoms with E-state index in [0.717, 1.165) is 13.0 Å². The van der Waals surface area contributed by atoms with Crippen molar-refractivity contribution in [3.63, 3.8) is 0 Å². The Morgan fingerprint density at radius 3 is 2.48 bits per heavy atom. The monoisotopic (exact) mass is 333 g/mol. The normalized spacial score (nSPS) is 14.0. The summed E-state index contributed by atoms with van der Waals surface area (Å²) in [5.74, 6) is 0.501. The van der Waals surface area contributed by atoms with Crippen molar-refractivity contribution in [2.24, 2.45) is 5.41 Å². The molecule has 120 valence electrons. The summed E-state index contributed by atoms with van der Waals surface area (Å²) in [4.78, 5) is 4.16. The number of sulfonamides is 1. The Morgan fingerprint density at radius 2 is 2.00 bits per heavy atom. The van der Waals surface area contributed by atoms with Crippen LogP contribution in [0.2, 0.25) is 5.02 Å². The van der Waals surface area contributed by atoms with Crippen LogP contribution in [0.15, 0.2) is 17.2 Å². The largest absolute Gasteiger partial charge is 0.369 e. The van der Waals surface area contributed by atoms with Gasteiger partial charge in [-0.3, -0.25) is 0 Å². The summed E-state index contributed by atoms with van der Waals surface area (Å²) < 4.78 is 27.3. The Hall–Kier alpha value is -0.850. The Kier molecular flexibility index (Phi) is 6.01. The van der Waals surface area contributed by atoms with Crippen molar-refractivity contribution in [2.45, 2.75) is 52.0 Å². The highest BCUT2D eigenvalue weighted by Gasteiger charge is 2.26. The van der Waals surface area contributed by atoms with Gasteiger partial charge in [0.2, 0.25) is 10.0 Å². The molecule has 1 unspecified atom stereocenters. The Morgan fingerprint density at radius 1 is 1.38 bits per heavy atom. The van der Waals surface area contributed by atoms with E-state index in [1.165, 1.54) is 12.3 Å². The van der Waals surface area contributed by atoms with Crippen molar-refractivity contribution in [3.05, 3.63) is 17.3 Å². The highest BCUT2D eigenvalue weighted by atomic mass is 35.5. The second-order valence-corrected chi connectivity index (χ2v) is 8.26. The molecule has 2 N–H and O–H groups in total. The maximum Gasteiger partial charge on any atom is 0.242 e. The van der Waals surface area contributed by atoms with Crippen LogP contribution in [0.4, 0.5) is 5.82 Å². The quantitative estimate of drug-likeness (QED) is 0.838. The van der Waals surface area contributed by atoms with Gasteiger partial charge in [-0.05, 0) is 24.8 Å². The van der Waals surface area contributed by atoms with Crippen LogP contribution in [-0.2, 0) is 10.0 Å². The van der Waals surface area contributed by atoms with Crippen molar-refractivity contribution in [3.8, 4) is 0 Å². The van der Waals surface area contributed by atoms with Crippen molar-refractivity contribution >= 4 is 27.4 Å². The van der Waals surface area contributed by atoms with Gasteiger partial charge in [0.05, 0.1) is 5.02 Å². The van der Waals surface area contributed by atoms with Crippen molar-refractivity contribution in [2.75, 3.05) is 11.9 Å². The Bertz CT molecular complexity index is 582. The average Bonchev–Trinajstić information content (AvgIpc) is 2.35. The maximum absolute atomic E-state index is 12.3. The van der Waals surface area contributed by atoms with Gasteiger partial charge < -0.3 is 5.32 Å². The van der Waals surface area contributed by atoms with E-state index in [1.54, 1.807) is 0 Å². The molecule has 0 fully saturated rings. The zero-order valence-electron chi connectivity index (χ0n) is 13.2. The molecule has 0 aliphatic rings. The van der Waals surface area contributed by atoms with Crippen LogP contribution in [0.3, 0.4) is 0 Å². The second-order valence-electron chi connectivity index (χ2n) is 6.14. The van der Waals surface area contributed by atoms with Crippen LogP contribution >= 0.6 is 11.6 Å². The molecule has 0 aliphatic heterocycles. The number of hydrogen-bond acceptors (Lipinski definition) is 4. The number of nitrogens with zero attached hydrogens (tertiary/aromatic N) is 1. The summed E-state index contributed by atoms with van der Waals surface area (Å²) in [5.41, 5.74) is -0.174. The van der Waals surface area contributed by atoms with Gasteiger partial charge in [-0.1, -0.05) is 39.3 Å². The Balaban J connectivity index is 2.97. The minimum atomic E-state index is -3.63. The van der Waals surface area contributed by atoms with Gasteiger partial charge in [0.15, 0.2) is 0 Å². The lowest BCUT2D eigenvalue weighted by Gasteiger charge is -2.27. The first-order valence-electron chi connectivity index (χ1n) is 6.99. The van der Waals surface area contributed by atoms with E-state index in [4.69, 9.17) is 11.6 Å². The molecule has 0 spiro atoms. The van der Waals surface area contributed by atoms with Crippen LogP contribution < -0.4 is 10.0 Å². The topological polar surface area (TPSA) is 71.1 Å². The lowest BCUT2D eigenvalue weighted by molar-refractivity contribution is 0.317. The molecule has 0 bridgehead atoms. The van der Waals surface area contributed by atoms with Crippen LogP contribution in [0, 0.1) is 5.41 Å². The summed E-state index contributed by atoms with van der Waals surface area (Å²) in [6.45, 7) is 10.5. The lowest BCUT2D eigenvalue weighted by Crippen LogP contribution is -2.41. The van der Waals surface area contributed by atoms with E-state index in [0.29, 0.717) is 10.8 Å². The highest BCUT2D eigenvalue weighted by molar-refractivity contribution is 7.89. The van der Waals surface area contributed by atoms with Gasteiger partial charge >= 0.3 is 0 Å². The van der Waals surface area contributed by atoms with Gasteiger partial charge in [-0.15, -0.1) is 0 Å². The molecule has 5 nitrogen and oxygen atoms in total. The van der Waals surface area contributed by atoms with E-state index >= 15 is 0 Å². The first-order chi connectivity index (χ1) is 9.58. The first kappa shape index (κ1) is 18.2. The van der Waals surface area contributed by atoms with Gasteiger partial charge in [-0.25, -0.2) is 18.1 Å². The molecule has 1 atom stereocenters. The zero-order valence-corrected chi connectivity index (χ0v) is 14.8. The third-order valence-corrected chi connectivity index (χ3v) is 5.10. The predicted octanol–water partition coefficient (Wildman–Crippen LogP) is 3.27. The van der Waals surface area contributed by atoms with Gasteiger partial charge in [-0.2, -0.15) is 0 Å². The van der Waals surface area contributed by atoms with Gasteiger partial charge in [0, 0.05) is 18.8 Å². The molecule has 0 aliphatic carbocycles. The second kappa shape index (κ2) is 6.94. The number of pyridine rings is 1. The van der Waals surface area contributed by atoms with Gasteiger partial charge in [0.1, 0.15) is 10.7 Å². The SMILES string of the molecule is CCCNc1ncc(S(=O)(=O)NC(C)C(C)(C)C)cc1Cl. The van der Waals surface area contributed by atoms with Crippen LogP contribution in [0.25, 0.3) is 0 Å². The molecule has 1 aromatic heterocycles. The number of hydrogen-bond donors (Lipinski definition) is 2. The van der Waals surface area contributed by atoms with Crippen LogP contribution in [0.5, 0.6) is 0 Å². The number of anilines is 1. The van der Waals surface area contributed by atoms with Crippen molar-refractivity contribution in [1.82, 2.24) is 9.71 Å². The lowest BCUT2D eigenvalue weighted by atomic mass is 9.89. The third kappa shape index (κ3) is 5.13. The molecule has 1 rings (SSSR count). The average molecular weight is 334 g/mol. The number of aromatic nitrogens is 1. The zero-order chi connectivity index (χ0) is 16.3. The maximum atomic E-state index is 12.3. The molecular formula is C14H24ClN3O2S. The van der Waals surface area contributed by atoms with E-state index in [1.807, 2.05) is 34.6 Å². The molecule has 21 heavy (non-hydrogen) atoms. The Labute approximate surface area is 132 Å². The predicted molar refractivity (Wildman–Crippen MR) is 87.3 cm³/mol. The molecule has 0 saturated carbocycles. The summed E-state index contributed by atoms with van der Waals surface area (Å²) in [6, 6.07) is 1.21. The number of nitrogens with one attached hydrogen (secondary N) is 2. The van der Waals surface area contributed by atoms with Crippen molar-refractivity contribution < 1.29 is 8.42 Å². The molecule has 7 heteroatoms. The first-order valence-corrected chi connectivity index (χ1v) is 8.85. The molecule has 0 amide bonds. The smallest absolute Gasteiger partial charge is 0.242 e. The van der Waals surface area contributed by atoms with Crippen LogP contribution in [-0.4, -0.2) is 26.0 Å². The van der Waals surface area contributed by atoms with Gasteiger partial charge in [0.25, 0.3) is 0 Å². The minimum absolute atomic E-state index is 0.0747. The standard InChI is InChI=1S/C14H24ClN3O2S/c1-6-7-16-13-12(15)8-11(9-17-13)21(19,20)18-10(2)14(3,4)5/h8-10,18H,6-7H2,1-5H3,(H,16,17). The summed E-state index contributed by atoms with van der Waals surface area (Å²) in [5, 5.41) is 3.35. The summed E-state index contributed by atoms with van der Waals surface area (Å²) in [7, 11) is -3.63. The van der Waals surface area contributed by atoms with E-state index in [9.17, 15) is 8.42 Å². The fourth-order valence-corrected chi connectivity index (χ4v) is 3.14. The third-order valence-electron chi connectivity index (χ3n) is 3.30. The van der Waals surface area contributed by atoms with E-state index < -0.39 is 10.0 Å². The molecule has 0 saturated heterocycles. The van der Waals surface area contributed by atoms with Crippen molar-refractivity contribution in [1.29, 1.82) is 0 Å². The van der Waals surface area contributed by atoms with Crippen LogP contribution in [0.1, 0.15) is 41.0 Å². The summed E-state index contributed by atoms with van der Waals surface area (Å²) in [6.07, 6.45) is 2.25. The number of rotatable bonds is 6. The highest BCUT2D eigenvalue weighted by Crippen LogP contribution is 2.24. The summed E-state index contributed by atoms with van der Waals surface area (Å²) >= 11 is 6.08. The van der Waals surface area contributed by atoms with E-state index in [2.05, 4.69) is 15.0 Å². The minimum Gasteiger partial charge on any atom is -0.369 e. The number of halogens is 1.